The van der Waals surface area contributed by atoms with Crippen molar-refractivity contribution in [3.8, 4) is 0 Å². The van der Waals surface area contributed by atoms with E-state index in [4.69, 9.17) is 11.6 Å². The van der Waals surface area contributed by atoms with E-state index in [1.807, 2.05) is 30.3 Å². The van der Waals surface area contributed by atoms with Crippen LogP contribution >= 0.6 is 11.6 Å². The predicted octanol–water partition coefficient (Wildman–Crippen LogP) is 4.03. The van der Waals surface area contributed by atoms with Crippen LogP contribution in [0.3, 0.4) is 0 Å². The maximum Gasteiger partial charge on any atom is 0.329 e. The average molecular weight is 371 g/mol. The Hall–Kier alpha value is -2.79. The maximum absolute atomic E-state index is 12.7. The van der Waals surface area contributed by atoms with E-state index in [0.717, 1.165) is 16.5 Å². The zero-order valence-electron chi connectivity index (χ0n) is 14.3. The molecule has 0 aliphatic carbocycles. The van der Waals surface area contributed by atoms with Crippen molar-refractivity contribution in [1.29, 1.82) is 0 Å². The highest BCUT2D eigenvalue weighted by Crippen LogP contribution is 2.22. The highest BCUT2D eigenvalue weighted by Gasteiger charge is 2.39. The topological polar surface area (TPSA) is 82.2 Å². The summed E-state index contributed by atoms with van der Waals surface area (Å²) in [7, 11) is 0. The lowest BCUT2D eigenvalue weighted by Crippen LogP contribution is -2.55. The third kappa shape index (κ3) is 3.58. The van der Waals surface area contributed by atoms with Gasteiger partial charge in [0.15, 0.2) is 0 Å². The molecule has 26 heavy (non-hydrogen) atoms. The molecule has 0 fully saturated rings. The molecule has 0 aliphatic rings. The minimum atomic E-state index is -1.38. The van der Waals surface area contributed by atoms with E-state index in [1.54, 1.807) is 31.2 Å². The van der Waals surface area contributed by atoms with Gasteiger partial charge in [-0.15, -0.1) is 0 Å². The molecule has 0 saturated heterocycles. The van der Waals surface area contributed by atoms with E-state index in [1.165, 1.54) is 0 Å². The number of nitrogens with one attached hydrogen (secondary N) is 2. The molecule has 3 N–H and O–H groups in total. The predicted molar refractivity (Wildman–Crippen MR) is 102 cm³/mol. The first-order chi connectivity index (χ1) is 12.4. The zero-order valence-corrected chi connectivity index (χ0v) is 15.0. The Bertz CT molecular complexity index is 952. The summed E-state index contributed by atoms with van der Waals surface area (Å²) in [5.74, 6) is -1.52. The van der Waals surface area contributed by atoms with Crippen molar-refractivity contribution in [3.05, 3.63) is 70.9 Å². The molecule has 0 spiro atoms. The summed E-state index contributed by atoms with van der Waals surface area (Å²) in [6.07, 6.45) is 0.465. The Balaban J connectivity index is 1.89. The van der Waals surface area contributed by atoms with Gasteiger partial charge in [-0.25, -0.2) is 4.79 Å². The molecule has 0 radical (unpaired) electrons. The molecular weight excluding hydrogens is 352 g/mol. The fourth-order valence-electron chi connectivity index (χ4n) is 2.99. The van der Waals surface area contributed by atoms with Crippen LogP contribution in [0.4, 0.5) is 0 Å². The van der Waals surface area contributed by atoms with E-state index < -0.39 is 17.4 Å². The average Bonchev–Trinajstić information content (AvgIpc) is 3.05. The molecule has 3 rings (SSSR count). The Morgan fingerprint density at radius 2 is 1.88 bits per heavy atom. The van der Waals surface area contributed by atoms with Crippen LogP contribution in [0.2, 0.25) is 5.02 Å². The van der Waals surface area contributed by atoms with Gasteiger partial charge in [-0.3, -0.25) is 4.79 Å². The highest BCUT2D eigenvalue weighted by atomic mass is 35.5. The van der Waals surface area contributed by atoms with Gasteiger partial charge in [0.25, 0.3) is 5.91 Å². The van der Waals surface area contributed by atoms with E-state index in [-0.39, 0.29) is 12.8 Å². The number of carbonyl (C=O) groups excluding carboxylic acids is 1. The van der Waals surface area contributed by atoms with E-state index >= 15 is 0 Å². The second-order valence-corrected chi connectivity index (χ2v) is 6.71. The molecule has 1 aromatic heterocycles. The number of amides is 1. The van der Waals surface area contributed by atoms with Crippen molar-refractivity contribution in [2.45, 2.75) is 25.3 Å². The third-order valence-corrected chi connectivity index (χ3v) is 4.78. The number of fused-ring (bicyclic) bond motifs is 1. The number of benzene rings is 2. The summed E-state index contributed by atoms with van der Waals surface area (Å²) >= 11 is 5.98. The molecule has 6 heteroatoms. The first-order valence-electron chi connectivity index (χ1n) is 8.31. The number of carboxylic acid groups (broad SMARTS) is 1. The van der Waals surface area contributed by atoms with Crippen LogP contribution in [0, 0.1) is 0 Å². The van der Waals surface area contributed by atoms with Crippen LogP contribution in [0.15, 0.2) is 54.6 Å². The molecule has 1 heterocycles. The standard InChI is InChI=1S/C20H19ClN2O3/c1-2-20(19(25)26,12-13-6-4-3-5-7-13)23-18(24)17-11-14-10-15(21)8-9-16(14)22-17/h3-11,22H,2,12H2,1H3,(H,23,24)(H,25,26). The third-order valence-electron chi connectivity index (χ3n) is 4.54. The van der Waals surface area contributed by atoms with Crippen LogP contribution in [0.1, 0.15) is 29.4 Å². The van der Waals surface area contributed by atoms with Gasteiger partial charge >= 0.3 is 5.97 Å². The molecule has 0 aliphatic heterocycles. The normalized spacial score (nSPS) is 13.3. The number of hydrogen-bond acceptors (Lipinski definition) is 2. The van der Waals surface area contributed by atoms with E-state index in [2.05, 4.69) is 10.3 Å². The number of H-pyrrole nitrogens is 1. The molecule has 2 aromatic carbocycles. The zero-order chi connectivity index (χ0) is 18.7. The molecule has 134 valence electrons. The number of aromatic amines is 1. The number of rotatable bonds is 6. The fraction of sp³-hybridized carbons (Fsp3) is 0.200. The van der Waals surface area contributed by atoms with Crippen molar-refractivity contribution in [3.63, 3.8) is 0 Å². The summed E-state index contributed by atoms with van der Waals surface area (Å²) in [5, 5.41) is 13.9. The number of carbonyl (C=O) groups is 2. The molecular formula is C20H19ClN2O3. The first-order valence-corrected chi connectivity index (χ1v) is 8.69. The summed E-state index contributed by atoms with van der Waals surface area (Å²) in [5.41, 5.74) is 0.530. The lowest BCUT2D eigenvalue weighted by molar-refractivity contribution is -0.144. The molecule has 5 nitrogen and oxygen atoms in total. The van der Waals surface area contributed by atoms with Gasteiger partial charge in [0, 0.05) is 22.3 Å². The lowest BCUT2D eigenvalue weighted by Gasteiger charge is -2.29. The van der Waals surface area contributed by atoms with Crippen LogP contribution in [0.5, 0.6) is 0 Å². The molecule has 1 amide bonds. The number of carboxylic acids is 1. The Kier molecular flexibility index (Phi) is 5.00. The molecule has 0 saturated carbocycles. The number of hydrogen-bond donors (Lipinski definition) is 3. The Morgan fingerprint density at radius 1 is 1.15 bits per heavy atom. The van der Waals surface area contributed by atoms with Gasteiger partial charge in [0.2, 0.25) is 0 Å². The Morgan fingerprint density at radius 3 is 2.54 bits per heavy atom. The highest BCUT2D eigenvalue weighted by molar-refractivity contribution is 6.31. The largest absolute Gasteiger partial charge is 0.479 e. The smallest absolute Gasteiger partial charge is 0.329 e. The van der Waals surface area contributed by atoms with Gasteiger partial charge < -0.3 is 15.4 Å². The molecule has 1 atom stereocenters. The first kappa shape index (κ1) is 18.0. The van der Waals surface area contributed by atoms with Gasteiger partial charge in [-0.1, -0.05) is 48.9 Å². The van der Waals surface area contributed by atoms with Crippen molar-refractivity contribution >= 4 is 34.4 Å². The van der Waals surface area contributed by atoms with Crippen molar-refractivity contribution in [2.24, 2.45) is 0 Å². The minimum Gasteiger partial charge on any atom is -0.479 e. The van der Waals surface area contributed by atoms with E-state index in [0.29, 0.717) is 10.7 Å². The van der Waals surface area contributed by atoms with Gasteiger partial charge in [0.1, 0.15) is 11.2 Å². The SMILES string of the molecule is CCC(Cc1ccccc1)(NC(=O)c1cc2cc(Cl)ccc2[nH]1)C(=O)O. The van der Waals surface area contributed by atoms with Crippen molar-refractivity contribution in [1.82, 2.24) is 10.3 Å². The van der Waals surface area contributed by atoms with E-state index in [9.17, 15) is 14.7 Å². The summed E-state index contributed by atoms with van der Waals surface area (Å²) in [6, 6.07) is 16.2. The van der Waals surface area contributed by atoms with Gasteiger partial charge in [-0.2, -0.15) is 0 Å². The van der Waals surface area contributed by atoms with Crippen LogP contribution < -0.4 is 5.32 Å². The Labute approximate surface area is 156 Å². The fourth-order valence-corrected chi connectivity index (χ4v) is 3.17. The number of halogens is 1. The summed E-state index contributed by atoms with van der Waals surface area (Å²) in [4.78, 5) is 27.7. The van der Waals surface area contributed by atoms with Crippen molar-refractivity contribution < 1.29 is 14.7 Å². The lowest BCUT2D eigenvalue weighted by atomic mass is 9.88. The van der Waals surface area contributed by atoms with Crippen LogP contribution in [0.25, 0.3) is 10.9 Å². The van der Waals surface area contributed by atoms with Gasteiger partial charge in [0.05, 0.1) is 0 Å². The second kappa shape index (κ2) is 7.22. The monoisotopic (exact) mass is 370 g/mol. The van der Waals surface area contributed by atoms with Crippen LogP contribution in [-0.2, 0) is 11.2 Å². The van der Waals surface area contributed by atoms with Crippen LogP contribution in [-0.4, -0.2) is 27.5 Å². The molecule has 3 aromatic rings. The van der Waals surface area contributed by atoms with Gasteiger partial charge in [-0.05, 0) is 36.2 Å². The molecule has 0 bridgehead atoms. The maximum atomic E-state index is 12.7. The number of aliphatic carboxylic acids is 1. The van der Waals surface area contributed by atoms with Crippen molar-refractivity contribution in [2.75, 3.05) is 0 Å². The summed E-state index contributed by atoms with van der Waals surface area (Å²) in [6.45, 7) is 1.75. The second-order valence-electron chi connectivity index (χ2n) is 6.27. The number of aromatic nitrogens is 1. The quantitative estimate of drug-likeness (QED) is 0.612. The minimum absolute atomic E-state index is 0.206. The molecule has 1 unspecified atom stereocenters. The summed E-state index contributed by atoms with van der Waals surface area (Å²) < 4.78 is 0.